The van der Waals surface area contributed by atoms with Crippen LogP contribution >= 0.6 is 11.8 Å². The number of anilines is 1. The highest BCUT2D eigenvalue weighted by Gasteiger charge is 2.43. The highest BCUT2D eigenvalue weighted by atomic mass is 32.2. The van der Waals surface area contributed by atoms with Gasteiger partial charge in [0, 0.05) is 29.8 Å². The molecule has 6 heteroatoms. The average Bonchev–Trinajstić information content (AvgIpc) is 3.26. The lowest BCUT2D eigenvalue weighted by Crippen LogP contribution is -2.54. The lowest BCUT2D eigenvalue weighted by Gasteiger charge is -2.46. The van der Waals surface area contributed by atoms with E-state index in [9.17, 15) is 8.42 Å². The Hall–Kier alpha value is -0.720. The molecule has 0 spiro atoms. The molecule has 3 fully saturated rings. The molecule has 0 aromatic heterocycles. The molecule has 4 rings (SSSR count). The molecule has 0 bridgehead atoms. The molecular formula is C20H30N2O2S2. The number of thioether (sulfide) groups is 1. The zero-order valence-electron chi connectivity index (χ0n) is 15.8. The quantitative estimate of drug-likeness (QED) is 0.780. The van der Waals surface area contributed by atoms with Crippen LogP contribution in [0, 0.1) is 5.92 Å². The van der Waals surface area contributed by atoms with Crippen molar-refractivity contribution < 1.29 is 8.42 Å². The number of sulfone groups is 1. The Kier molecular flexibility index (Phi) is 5.28. The van der Waals surface area contributed by atoms with Crippen molar-refractivity contribution in [1.82, 2.24) is 4.90 Å². The molecule has 4 atom stereocenters. The van der Waals surface area contributed by atoms with Crippen LogP contribution in [-0.4, -0.2) is 56.4 Å². The van der Waals surface area contributed by atoms with Gasteiger partial charge in [0.25, 0.3) is 0 Å². The van der Waals surface area contributed by atoms with E-state index >= 15 is 0 Å². The van der Waals surface area contributed by atoms with Gasteiger partial charge >= 0.3 is 0 Å². The van der Waals surface area contributed by atoms with Gasteiger partial charge in [-0.3, -0.25) is 4.90 Å². The summed E-state index contributed by atoms with van der Waals surface area (Å²) in [6.45, 7) is 1.07. The third-order valence-electron chi connectivity index (χ3n) is 6.50. The van der Waals surface area contributed by atoms with Crippen molar-refractivity contribution in [2.75, 3.05) is 30.5 Å². The van der Waals surface area contributed by atoms with Crippen LogP contribution in [-0.2, 0) is 9.84 Å². The smallest absolute Gasteiger partial charge is 0.175 e. The van der Waals surface area contributed by atoms with E-state index in [2.05, 4.69) is 28.6 Å². The lowest BCUT2D eigenvalue weighted by molar-refractivity contribution is 0.0783. The normalized spacial score (nSPS) is 32.8. The van der Waals surface area contributed by atoms with Gasteiger partial charge in [-0.25, -0.2) is 8.42 Å². The van der Waals surface area contributed by atoms with Crippen LogP contribution in [0.5, 0.6) is 0 Å². The van der Waals surface area contributed by atoms with E-state index in [0.717, 1.165) is 23.4 Å². The SMILES string of the molecule is CN1C(CC2CCCS2)CCC2CCN(c3ccc(S(C)(=O)=O)cc3)C21. The van der Waals surface area contributed by atoms with Crippen molar-refractivity contribution in [2.45, 2.75) is 60.9 Å². The Morgan fingerprint density at radius 1 is 1.12 bits per heavy atom. The fraction of sp³-hybridized carbons (Fsp3) is 0.700. The predicted molar refractivity (Wildman–Crippen MR) is 110 cm³/mol. The van der Waals surface area contributed by atoms with E-state index in [-0.39, 0.29) is 0 Å². The molecule has 1 aromatic carbocycles. The van der Waals surface area contributed by atoms with Crippen LogP contribution in [0.15, 0.2) is 29.2 Å². The maximum atomic E-state index is 11.7. The fourth-order valence-corrected chi connectivity index (χ4v) is 7.09. The third-order valence-corrected chi connectivity index (χ3v) is 9.05. The fourth-order valence-electron chi connectivity index (χ4n) is 5.10. The van der Waals surface area contributed by atoms with Crippen LogP contribution in [0.4, 0.5) is 5.69 Å². The van der Waals surface area contributed by atoms with Crippen molar-refractivity contribution in [2.24, 2.45) is 5.92 Å². The molecule has 3 aliphatic heterocycles. The first-order valence-corrected chi connectivity index (χ1v) is 12.8. The van der Waals surface area contributed by atoms with Gasteiger partial charge in [-0.1, -0.05) is 0 Å². The first-order chi connectivity index (χ1) is 12.4. The summed E-state index contributed by atoms with van der Waals surface area (Å²) in [6, 6.07) is 8.18. The van der Waals surface area contributed by atoms with Gasteiger partial charge in [-0.15, -0.1) is 0 Å². The van der Waals surface area contributed by atoms with Crippen LogP contribution < -0.4 is 4.90 Å². The first kappa shape index (κ1) is 18.6. The van der Waals surface area contributed by atoms with E-state index in [1.807, 2.05) is 12.1 Å². The lowest BCUT2D eigenvalue weighted by atomic mass is 9.88. The Morgan fingerprint density at radius 2 is 1.88 bits per heavy atom. The number of hydrogen-bond acceptors (Lipinski definition) is 5. The molecule has 0 radical (unpaired) electrons. The number of hydrogen-bond donors (Lipinski definition) is 0. The Bertz CT molecular complexity index is 729. The third kappa shape index (κ3) is 3.65. The average molecular weight is 395 g/mol. The van der Waals surface area contributed by atoms with Crippen molar-refractivity contribution in [3.8, 4) is 0 Å². The first-order valence-electron chi connectivity index (χ1n) is 9.84. The second kappa shape index (κ2) is 7.36. The summed E-state index contributed by atoms with van der Waals surface area (Å²) >= 11 is 2.17. The Labute approximate surface area is 162 Å². The summed E-state index contributed by atoms with van der Waals surface area (Å²) in [5.41, 5.74) is 1.16. The number of likely N-dealkylation sites (tertiary alicyclic amines) is 1. The van der Waals surface area contributed by atoms with Crippen LogP contribution in [0.3, 0.4) is 0 Å². The van der Waals surface area contributed by atoms with E-state index in [0.29, 0.717) is 17.1 Å². The number of benzene rings is 1. The van der Waals surface area contributed by atoms with Gasteiger partial charge in [0.05, 0.1) is 11.1 Å². The second-order valence-corrected chi connectivity index (χ2v) is 11.6. The largest absolute Gasteiger partial charge is 0.355 e. The molecule has 144 valence electrons. The summed E-state index contributed by atoms with van der Waals surface area (Å²) in [5.74, 6) is 2.08. The topological polar surface area (TPSA) is 40.6 Å². The molecule has 3 aliphatic rings. The Morgan fingerprint density at radius 3 is 2.54 bits per heavy atom. The van der Waals surface area contributed by atoms with E-state index < -0.39 is 9.84 Å². The highest BCUT2D eigenvalue weighted by Crippen LogP contribution is 2.41. The zero-order valence-corrected chi connectivity index (χ0v) is 17.4. The monoisotopic (exact) mass is 394 g/mol. The molecular weight excluding hydrogens is 364 g/mol. The zero-order chi connectivity index (χ0) is 18.3. The van der Waals surface area contributed by atoms with Crippen molar-refractivity contribution in [3.63, 3.8) is 0 Å². The predicted octanol–water partition coefficient (Wildman–Crippen LogP) is 3.62. The minimum absolute atomic E-state index is 0.408. The number of piperidine rings is 1. The van der Waals surface area contributed by atoms with E-state index in [1.54, 1.807) is 12.1 Å². The molecule has 0 amide bonds. The maximum absolute atomic E-state index is 11.7. The highest BCUT2D eigenvalue weighted by molar-refractivity contribution is 8.00. The van der Waals surface area contributed by atoms with Crippen molar-refractivity contribution >= 4 is 27.3 Å². The summed E-state index contributed by atoms with van der Waals surface area (Å²) < 4.78 is 23.5. The molecule has 0 N–H and O–H groups in total. The van der Waals surface area contributed by atoms with Gasteiger partial charge in [0.15, 0.2) is 9.84 Å². The summed E-state index contributed by atoms with van der Waals surface area (Å²) in [7, 11) is -0.821. The minimum atomic E-state index is -3.13. The number of fused-ring (bicyclic) bond motifs is 1. The van der Waals surface area contributed by atoms with Crippen LogP contribution in [0.1, 0.15) is 38.5 Å². The molecule has 4 nitrogen and oxygen atoms in total. The molecule has 0 saturated carbocycles. The number of nitrogens with zero attached hydrogens (tertiary/aromatic N) is 2. The molecule has 26 heavy (non-hydrogen) atoms. The van der Waals surface area contributed by atoms with Gasteiger partial charge < -0.3 is 4.90 Å². The Balaban J connectivity index is 1.51. The summed E-state index contributed by atoms with van der Waals surface area (Å²) in [4.78, 5) is 5.54. The van der Waals surface area contributed by atoms with Gasteiger partial charge in [-0.2, -0.15) is 11.8 Å². The maximum Gasteiger partial charge on any atom is 0.175 e. The summed E-state index contributed by atoms with van der Waals surface area (Å²) in [6.07, 6.45) is 9.73. The van der Waals surface area contributed by atoms with Gasteiger partial charge in [0.1, 0.15) is 0 Å². The second-order valence-electron chi connectivity index (χ2n) is 8.19. The van der Waals surface area contributed by atoms with Crippen molar-refractivity contribution in [3.05, 3.63) is 24.3 Å². The molecule has 0 aliphatic carbocycles. The van der Waals surface area contributed by atoms with Gasteiger partial charge in [-0.05, 0) is 81.5 Å². The van der Waals surface area contributed by atoms with Gasteiger partial charge in [0.2, 0.25) is 0 Å². The number of rotatable bonds is 4. The molecule has 3 saturated heterocycles. The standard InChI is InChI=1S/C20H30N2O2S2/c1-21-17(14-18-4-3-13-25-18)6-5-15-11-12-22(20(15)21)16-7-9-19(10-8-16)26(2,23)24/h7-10,15,17-18,20H,3-6,11-14H2,1-2H3. The van der Waals surface area contributed by atoms with E-state index in [4.69, 9.17) is 0 Å². The van der Waals surface area contributed by atoms with Crippen LogP contribution in [0.25, 0.3) is 0 Å². The molecule has 3 heterocycles. The van der Waals surface area contributed by atoms with E-state index in [1.165, 1.54) is 50.5 Å². The van der Waals surface area contributed by atoms with Crippen molar-refractivity contribution in [1.29, 1.82) is 0 Å². The van der Waals surface area contributed by atoms with Crippen LogP contribution in [0.2, 0.25) is 0 Å². The molecule has 4 unspecified atom stereocenters. The molecule has 1 aromatic rings. The minimum Gasteiger partial charge on any atom is -0.355 e. The summed E-state index contributed by atoms with van der Waals surface area (Å²) in [5, 5.41) is 0.850.